The molecular weight excluding hydrogens is 507 g/mol. The Bertz CT molecular complexity index is 935. The Kier molecular flexibility index (Phi) is 8.39. The number of hydrogen-bond acceptors (Lipinski definition) is 4. The molecule has 0 atom stereocenters. The Morgan fingerprint density at radius 3 is 2.74 bits per heavy atom. The number of amides is 1. The summed E-state index contributed by atoms with van der Waals surface area (Å²) in [6.07, 6.45) is 2.85. The van der Waals surface area contributed by atoms with Gasteiger partial charge in [0.25, 0.3) is 0 Å². The molecule has 2 N–H and O–H groups in total. The third-order valence-electron chi connectivity index (χ3n) is 5.14. The van der Waals surface area contributed by atoms with Crippen molar-refractivity contribution in [2.24, 2.45) is 4.99 Å². The van der Waals surface area contributed by atoms with E-state index in [9.17, 15) is 4.79 Å². The molecule has 0 aliphatic carbocycles. The number of anilines is 2. The molecule has 0 saturated carbocycles. The summed E-state index contributed by atoms with van der Waals surface area (Å²) < 4.78 is 11.4. The van der Waals surface area contributed by atoms with Crippen molar-refractivity contribution in [3.63, 3.8) is 0 Å². The largest absolute Gasteiger partial charge is 0.490 e. The monoisotopic (exact) mass is 536 g/mol. The molecule has 0 radical (unpaired) electrons. The molecule has 7 nitrogen and oxygen atoms in total. The molecule has 0 fully saturated rings. The lowest BCUT2D eigenvalue weighted by Gasteiger charge is -2.29. The summed E-state index contributed by atoms with van der Waals surface area (Å²) in [4.78, 5) is 19.2. The first-order valence-corrected chi connectivity index (χ1v) is 10.6. The third-order valence-corrected chi connectivity index (χ3v) is 5.14. The summed E-state index contributed by atoms with van der Waals surface area (Å²) in [5.74, 6) is 2.02. The van der Waals surface area contributed by atoms with Gasteiger partial charge in [0.05, 0.1) is 13.2 Å². The summed E-state index contributed by atoms with van der Waals surface area (Å²) in [5, 5.41) is 6.46. The molecule has 0 spiro atoms. The van der Waals surface area contributed by atoms with Crippen molar-refractivity contribution in [3.8, 4) is 11.5 Å². The molecule has 1 amide bonds. The third kappa shape index (κ3) is 5.81. The van der Waals surface area contributed by atoms with Gasteiger partial charge in [0, 0.05) is 37.0 Å². The van der Waals surface area contributed by atoms with Gasteiger partial charge in [0.2, 0.25) is 5.91 Å². The van der Waals surface area contributed by atoms with E-state index in [4.69, 9.17) is 9.47 Å². The summed E-state index contributed by atoms with van der Waals surface area (Å²) >= 11 is 0. The Hall–Kier alpha value is -2.49. The van der Waals surface area contributed by atoms with Gasteiger partial charge in [-0.15, -0.1) is 24.0 Å². The number of carbonyl (C=O) groups excluding carboxylic acids is 1. The van der Waals surface area contributed by atoms with Crippen molar-refractivity contribution < 1.29 is 14.3 Å². The van der Waals surface area contributed by atoms with E-state index in [1.54, 1.807) is 0 Å². The summed E-state index contributed by atoms with van der Waals surface area (Å²) in [6.45, 7) is 4.79. The van der Waals surface area contributed by atoms with E-state index in [1.807, 2.05) is 48.2 Å². The molecule has 0 unspecified atom stereocenters. The highest BCUT2D eigenvalue weighted by Gasteiger charge is 2.21. The fraction of sp³-hybridized carbons (Fsp3) is 0.391. The summed E-state index contributed by atoms with van der Waals surface area (Å²) in [7, 11) is 0. The molecule has 2 heterocycles. The van der Waals surface area contributed by atoms with Gasteiger partial charge < -0.3 is 25.0 Å². The molecule has 2 aromatic rings. The van der Waals surface area contributed by atoms with Crippen LogP contribution in [0.25, 0.3) is 0 Å². The lowest BCUT2D eigenvalue weighted by atomic mass is 10.0. The number of para-hydroxylation sites is 1. The van der Waals surface area contributed by atoms with Gasteiger partial charge in [0.1, 0.15) is 6.54 Å². The normalized spacial score (nSPS) is 15.3. The van der Waals surface area contributed by atoms with Crippen LogP contribution >= 0.6 is 24.0 Å². The molecule has 4 rings (SSSR count). The van der Waals surface area contributed by atoms with Gasteiger partial charge in [-0.25, -0.2) is 4.99 Å². The number of nitrogens with zero attached hydrogens (tertiary/aromatic N) is 2. The van der Waals surface area contributed by atoms with E-state index >= 15 is 0 Å². The Morgan fingerprint density at radius 1 is 1.10 bits per heavy atom. The number of hydrogen-bond donors (Lipinski definition) is 2. The first-order chi connectivity index (χ1) is 14.7. The number of halogens is 1. The standard InChI is InChI=1S/C23H28N4O3.HI/c1-2-24-23(26-18-10-11-20-21(15-18)30-14-6-13-29-20)25-16-22(28)27-12-5-8-17-7-3-4-9-19(17)27;/h3-4,7,9-11,15H,2,5-6,8,12-14,16H2,1H3,(H2,24,25,26);1H. The maximum atomic E-state index is 12.9. The van der Waals surface area contributed by atoms with Crippen LogP contribution in [0.4, 0.5) is 11.4 Å². The smallest absolute Gasteiger partial charge is 0.248 e. The second kappa shape index (κ2) is 11.2. The number of aryl methyl sites for hydroxylation is 1. The fourth-order valence-corrected chi connectivity index (χ4v) is 3.71. The van der Waals surface area contributed by atoms with E-state index in [-0.39, 0.29) is 36.4 Å². The van der Waals surface area contributed by atoms with Gasteiger partial charge in [0.15, 0.2) is 17.5 Å². The number of fused-ring (bicyclic) bond motifs is 2. The molecule has 166 valence electrons. The molecular formula is C23H29IN4O3. The van der Waals surface area contributed by atoms with E-state index in [0.29, 0.717) is 31.5 Å². The highest BCUT2D eigenvalue weighted by Crippen LogP contribution is 2.32. The number of aliphatic imine (C=N–C) groups is 1. The first kappa shape index (κ1) is 23.2. The van der Waals surface area contributed by atoms with Gasteiger partial charge in [-0.05, 0) is 43.5 Å². The van der Waals surface area contributed by atoms with Crippen LogP contribution in [0.1, 0.15) is 25.3 Å². The maximum absolute atomic E-state index is 12.9. The minimum absolute atomic E-state index is 0. The van der Waals surface area contributed by atoms with Crippen molar-refractivity contribution in [2.45, 2.75) is 26.2 Å². The first-order valence-electron chi connectivity index (χ1n) is 10.6. The van der Waals surface area contributed by atoms with Crippen LogP contribution in [0.2, 0.25) is 0 Å². The topological polar surface area (TPSA) is 75.2 Å². The quantitative estimate of drug-likeness (QED) is 0.353. The second-order valence-corrected chi connectivity index (χ2v) is 7.31. The van der Waals surface area contributed by atoms with E-state index < -0.39 is 0 Å². The Morgan fingerprint density at radius 2 is 1.90 bits per heavy atom. The van der Waals surface area contributed by atoms with Crippen molar-refractivity contribution in [1.29, 1.82) is 0 Å². The predicted molar refractivity (Wildman–Crippen MR) is 134 cm³/mol. The second-order valence-electron chi connectivity index (χ2n) is 7.31. The van der Waals surface area contributed by atoms with E-state index in [2.05, 4.69) is 21.7 Å². The van der Waals surface area contributed by atoms with Gasteiger partial charge >= 0.3 is 0 Å². The van der Waals surface area contributed by atoms with E-state index in [0.717, 1.165) is 42.9 Å². The van der Waals surface area contributed by atoms with Crippen LogP contribution in [0, 0.1) is 0 Å². The number of benzene rings is 2. The van der Waals surface area contributed by atoms with Crippen LogP contribution in [0.3, 0.4) is 0 Å². The zero-order valence-electron chi connectivity index (χ0n) is 17.7. The van der Waals surface area contributed by atoms with Gasteiger partial charge in [-0.1, -0.05) is 18.2 Å². The van der Waals surface area contributed by atoms with Crippen LogP contribution < -0.4 is 25.0 Å². The maximum Gasteiger partial charge on any atom is 0.248 e. The van der Waals surface area contributed by atoms with Crippen molar-refractivity contribution >= 4 is 47.2 Å². The molecule has 31 heavy (non-hydrogen) atoms. The lowest BCUT2D eigenvalue weighted by molar-refractivity contribution is -0.117. The fourth-order valence-electron chi connectivity index (χ4n) is 3.71. The highest BCUT2D eigenvalue weighted by molar-refractivity contribution is 14.0. The Labute approximate surface area is 200 Å². The Balaban J connectivity index is 0.00000272. The number of carbonyl (C=O) groups is 1. The average molecular weight is 536 g/mol. The van der Waals surface area contributed by atoms with Gasteiger partial charge in [-0.3, -0.25) is 4.79 Å². The van der Waals surface area contributed by atoms with Crippen LogP contribution in [-0.2, 0) is 11.2 Å². The SMILES string of the molecule is CCNC(=NCC(=O)N1CCCc2ccccc21)Nc1ccc2c(c1)OCCCO2.I. The molecule has 2 aromatic carbocycles. The minimum Gasteiger partial charge on any atom is -0.490 e. The summed E-state index contributed by atoms with van der Waals surface area (Å²) in [5.41, 5.74) is 3.05. The number of guanidine groups is 1. The van der Waals surface area contributed by atoms with Crippen molar-refractivity contribution in [3.05, 3.63) is 48.0 Å². The number of rotatable bonds is 4. The molecule has 2 aliphatic rings. The minimum atomic E-state index is -0.00184. The van der Waals surface area contributed by atoms with Crippen LogP contribution in [-0.4, -0.2) is 44.7 Å². The van der Waals surface area contributed by atoms with Crippen molar-refractivity contribution in [1.82, 2.24) is 5.32 Å². The molecule has 0 saturated heterocycles. The highest BCUT2D eigenvalue weighted by atomic mass is 127. The van der Waals surface area contributed by atoms with Crippen molar-refractivity contribution in [2.75, 3.05) is 43.1 Å². The zero-order valence-corrected chi connectivity index (χ0v) is 20.1. The lowest BCUT2D eigenvalue weighted by Crippen LogP contribution is -2.38. The average Bonchev–Trinajstić information content (AvgIpc) is 3.02. The zero-order chi connectivity index (χ0) is 20.8. The molecule has 0 bridgehead atoms. The van der Waals surface area contributed by atoms with Crippen LogP contribution in [0.15, 0.2) is 47.5 Å². The number of ether oxygens (including phenoxy) is 2. The predicted octanol–water partition coefficient (Wildman–Crippen LogP) is 3.82. The molecule has 2 aliphatic heterocycles. The van der Waals surface area contributed by atoms with E-state index in [1.165, 1.54) is 5.56 Å². The summed E-state index contributed by atoms with van der Waals surface area (Å²) in [6, 6.07) is 13.8. The van der Waals surface area contributed by atoms with Crippen LogP contribution in [0.5, 0.6) is 11.5 Å². The van der Waals surface area contributed by atoms with Gasteiger partial charge in [-0.2, -0.15) is 0 Å². The number of nitrogens with one attached hydrogen (secondary N) is 2. The molecule has 0 aromatic heterocycles. The molecule has 8 heteroatoms.